The second kappa shape index (κ2) is 2.90. The molecule has 1 aliphatic rings. The topological polar surface area (TPSA) is 23.5 Å². The van der Waals surface area contributed by atoms with Gasteiger partial charge in [-0.05, 0) is 19.3 Å². The number of thiol groups is 1. The van der Waals surface area contributed by atoms with Crippen LogP contribution in [0.3, 0.4) is 0 Å². The van der Waals surface area contributed by atoms with Gasteiger partial charge in [0.25, 0.3) is 0 Å². The molecule has 1 rings (SSSR count). The Morgan fingerprint density at radius 1 is 1.78 bits per heavy atom. The van der Waals surface area contributed by atoms with Crippen molar-refractivity contribution in [3.8, 4) is 0 Å². The van der Waals surface area contributed by atoms with E-state index in [0.717, 1.165) is 19.5 Å². The van der Waals surface area contributed by atoms with Crippen molar-refractivity contribution in [3.05, 3.63) is 0 Å². The highest BCUT2D eigenvalue weighted by Crippen LogP contribution is 2.20. The quantitative estimate of drug-likeness (QED) is 0.529. The monoisotopic (exact) mass is 147 g/mol. The van der Waals surface area contributed by atoms with E-state index >= 15 is 0 Å². The minimum Gasteiger partial charge on any atom is -0.393 e. The van der Waals surface area contributed by atoms with Gasteiger partial charge in [0.15, 0.2) is 0 Å². The van der Waals surface area contributed by atoms with Crippen LogP contribution in [0.25, 0.3) is 0 Å². The predicted octanol–water partition coefficient (Wildman–Crippen LogP) is 0.534. The average Bonchev–Trinajstić information content (AvgIpc) is 2.14. The second-order valence-corrected chi connectivity index (χ2v) is 3.27. The Morgan fingerprint density at radius 2 is 2.44 bits per heavy atom. The third-order valence-electron chi connectivity index (χ3n) is 1.89. The highest BCUT2D eigenvalue weighted by atomic mass is 32.1. The maximum atomic E-state index is 9.11. The Hall–Kier alpha value is 0.270. The Kier molecular flexibility index (Phi) is 2.38. The van der Waals surface area contributed by atoms with Crippen molar-refractivity contribution in [2.24, 2.45) is 5.92 Å². The van der Waals surface area contributed by atoms with Crippen LogP contribution in [-0.4, -0.2) is 28.6 Å². The number of hydrogen-bond acceptors (Lipinski definition) is 3. The van der Waals surface area contributed by atoms with E-state index in [1.807, 2.05) is 11.2 Å². The summed E-state index contributed by atoms with van der Waals surface area (Å²) in [6.45, 7) is 3.79. The van der Waals surface area contributed by atoms with Crippen molar-refractivity contribution < 1.29 is 5.11 Å². The normalized spacial score (nSPS) is 33.0. The summed E-state index contributed by atoms with van der Waals surface area (Å²) in [5, 5.41) is 9.11. The molecular weight excluding hydrogens is 134 g/mol. The van der Waals surface area contributed by atoms with Crippen molar-refractivity contribution in [2.75, 3.05) is 13.1 Å². The van der Waals surface area contributed by atoms with Crippen molar-refractivity contribution in [1.82, 2.24) is 4.31 Å². The van der Waals surface area contributed by atoms with Crippen LogP contribution in [0.15, 0.2) is 0 Å². The fraction of sp³-hybridized carbons (Fsp3) is 1.00. The van der Waals surface area contributed by atoms with E-state index in [9.17, 15) is 0 Å². The lowest BCUT2D eigenvalue weighted by molar-refractivity contribution is 0.133. The molecule has 1 fully saturated rings. The van der Waals surface area contributed by atoms with Gasteiger partial charge in [0.05, 0.1) is 6.10 Å². The summed E-state index contributed by atoms with van der Waals surface area (Å²) >= 11 is 4.17. The van der Waals surface area contributed by atoms with E-state index in [0.29, 0.717) is 5.92 Å². The summed E-state index contributed by atoms with van der Waals surface area (Å²) in [7, 11) is 0. The van der Waals surface area contributed by atoms with E-state index in [1.54, 1.807) is 0 Å². The first kappa shape index (κ1) is 7.38. The van der Waals surface area contributed by atoms with Gasteiger partial charge in [-0.25, -0.2) is 0 Å². The van der Waals surface area contributed by atoms with E-state index in [-0.39, 0.29) is 6.10 Å². The Bertz CT molecular complexity index is 97.1. The molecule has 54 valence electrons. The summed E-state index contributed by atoms with van der Waals surface area (Å²) in [4.78, 5) is 0. The molecule has 2 nitrogen and oxygen atoms in total. The average molecular weight is 147 g/mol. The van der Waals surface area contributed by atoms with Crippen LogP contribution in [-0.2, 0) is 0 Å². The van der Waals surface area contributed by atoms with Crippen LogP contribution < -0.4 is 0 Å². The number of hydrogen-bond donors (Lipinski definition) is 2. The fourth-order valence-corrected chi connectivity index (χ4v) is 1.49. The van der Waals surface area contributed by atoms with Crippen LogP contribution in [0.5, 0.6) is 0 Å². The molecule has 0 aromatic heterocycles. The molecule has 0 spiro atoms. The molecule has 0 aliphatic carbocycles. The third-order valence-corrected chi connectivity index (χ3v) is 2.25. The van der Waals surface area contributed by atoms with E-state index in [4.69, 9.17) is 5.11 Å². The molecule has 1 N–H and O–H groups in total. The van der Waals surface area contributed by atoms with Gasteiger partial charge in [0.1, 0.15) is 0 Å². The van der Waals surface area contributed by atoms with E-state index in [2.05, 4.69) is 12.8 Å². The highest BCUT2D eigenvalue weighted by molar-refractivity contribution is 7.77. The summed E-state index contributed by atoms with van der Waals surface area (Å²) in [5.74, 6) is 0.447. The molecule has 2 unspecified atom stereocenters. The van der Waals surface area contributed by atoms with Gasteiger partial charge in [-0.3, -0.25) is 4.31 Å². The molecule has 0 saturated carbocycles. The van der Waals surface area contributed by atoms with Crippen molar-refractivity contribution in [2.45, 2.75) is 19.4 Å². The first-order valence-electron chi connectivity index (χ1n) is 3.32. The minimum absolute atomic E-state index is 0.165. The van der Waals surface area contributed by atoms with Crippen LogP contribution >= 0.6 is 12.8 Å². The molecule has 1 saturated heterocycles. The minimum atomic E-state index is -0.165. The fourth-order valence-electron chi connectivity index (χ4n) is 1.16. The maximum Gasteiger partial charge on any atom is 0.0553 e. The molecule has 0 radical (unpaired) electrons. The van der Waals surface area contributed by atoms with Gasteiger partial charge >= 0.3 is 0 Å². The first-order chi connectivity index (χ1) is 4.20. The SMILES string of the molecule is CC(O)C1CCN(S)C1. The van der Waals surface area contributed by atoms with Gasteiger partial charge in [0.2, 0.25) is 0 Å². The molecule has 0 aromatic rings. The van der Waals surface area contributed by atoms with Gasteiger partial charge in [0, 0.05) is 13.1 Å². The summed E-state index contributed by atoms with van der Waals surface area (Å²) in [5.41, 5.74) is 0. The third kappa shape index (κ3) is 1.85. The molecular formula is C6H13NOS. The van der Waals surface area contributed by atoms with Gasteiger partial charge in [-0.2, -0.15) is 0 Å². The molecule has 3 heteroatoms. The lowest BCUT2D eigenvalue weighted by Crippen LogP contribution is -2.18. The van der Waals surface area contributed by atoms with Gasteiger partial charge < -0.3 is 5.11 Å². The number of aliphatic hydroxyl groups excluding tert-OH is 1. The molecule has 2 atom stereocenters. The number of rotatable bonds is 1. The van der Waals surface area contributed by atoms with Gasteiger partial charge in [-0.15, -0.1) is 0 Å². The lowest BCUT2D eigenvalue weighted by Gasteiger charge is -2.11. The maximum absolute atomic E-state index is 9.11. The van der Waals surface area contributed by atoms with E-state index < -0.39 is 0 Å². The Morgan fingerprint density at radius 3 is 2.67 bits per heavy atom. The first-order valence-corrected chi connectivity index (χ1v) is 3.72. The summed E-state index contributed by atoms with van der Waals surface area (Å²) < 4.78 is 1.96. The van der Waals surface area contributed by atoms with Crippen LogP contribution in [0.1, 0.15) is 13.3 Å². The zero-order valence-electron chi connectivity index (χ0n) is 5.62. The van der Waals surface area contributed by atoms with E-state index in [1.165, 1.54) is 0 Å². The second-order valence-electron chi connectivity index (χ2n) is 2.70. The van der Waals surface area contributed by atoms with Crippen LogP contribution in [0.4, 0.5) is 0 Å². The van der Waals surface area contributed by atoms with Crippen LogP contribution in [0, 0.1) is 5.92 Å². The molecule has 0 bridgehead atoms. The number of aliphatic hydroxyl groups is 1. The number of nitrogens with zero attached hydrogens (tertiary/aromatic N) is 1. The van der Waals surface area contributed by atoms with Crippen LogP contribution in [0.2, 0.25) is 0 Å². The molecule has 0 aromatic carbocycles. The van der Waals surface area contributed by atoms with Crippen molar-refractivity contribution >= 4 is 12.8 Å². The molecule has 9 heavy (non-hydrogen) atoms. The highest BCUT2D eigenvalue weighted by Gasteiger charge is 2.23. The predicted molar refractivity (Wildman–Crippen MR) is 40.3 cm³/mol. The van der Waals surface area contributed by atoms with Crippen molar-refractivity contribution in [1.29, 1.82) is 0 Å². The summed E-state index contributed by atoms with van der Waals surface area (Å²) in [6, 6.07) is 0. The van der Waals surface area contributed by atoms with Crippen molar-refractivity contribution in [3.63, 3.8) is 0 Å². The zero-order valence-corrected chi connectivity index (χ0v) is 6.51. The summed E-state index contributed by atoms with van der Waals surface area (Å²) in [6.07, 6.45) is 0.920. The molecule has 0 amide bonds. The molecule has 1 heterocycles. The standard InChI is InChI=1S/C6H13NOS/c1-5(8)6-2-3-7(9)4-6/h5-6,8-9H,2-4H2,1H3. The lowest BCUT2D eigenvalue weighted by atomic mass is 10.0. The Balaban J connectivity index is 2.30. The Labute approximate surface area is 61.4 Å². The van der Waals surface area contributed by atoms with Gasteiger partial charge in [-0.1, -0.05) is 12.8 Å². The smallest absolute Gasteiger partial charge is 0.0553 e. The largest absolute Gasteiger partial charge is 0.393 e. The zero-order chi connectivity index (χ0) is 6.85. The molecule has 1 aliphatic heterocycles.